The monoisotopic (exact) mass is 378 g/mol. The number of pyridine rings is 1. The molecule has 1 N–H and O–H groups in total. The summed E-state index contributed by atoms with van der Waals surface area (Å²) in [5.41, 5.74) is 6.88. The highest BCUT2D eigenvalue weighted by Gasteiger charge is 2.19. The zero-order valence-corrected chi connectivity index (χ0v) is 17.5. The second-order valence-corrected chi connectivity index (χ2v) is 7.82. The molecule has 0 saturated heterocycles. The molecule has 0 aliphatic heterocycles. The normalized spacial score (nSPS) is 11.4. The van der Waals surface area contributed by atoms with E-state index in [-0.39, 0.29) is 5.91 Å². The number of hydrogen-bond donors (Lipinski definition) is 1. The molecule has 0 fully saturated rings. The molecule has 0 spiro atoms. The molecule has 0 radical (unpaired) electrons. The van der Waals surface area contributed by atoms with Crippen molar-refractivity contribution in [2.45, 2.75) is 33.7 Å². The van der Waals surface area contributed by atoms with E-state index in [9.17, 15) is 4.79 Å². The first kappa shape index (κ1) is 20.1. The number of nitrogens with zero attached hydrogens (tertiary/aromatic N) is 3. The van der Waals surface area contributed by atoms with Crippen LogP contribution in [-0.4, -0.2) is 52.9 Å². The minimum Gasteiger partial charge on any atom is -0.358 e. The number of rotatable bonds is 7. The van der Waals surface area contributed by atoms with E-state index in [1.54, 1.807) is 6.20 Å². The van der Waals surface area contributed by atoms with E-state index in [1.165, 1.54) is 11.1 Å². The Kier molecular flexibility index (Phi) is 6.15. The molecule has 2 heterocycles. The van der Waals surface area contributed by atoms with Crippen molar-refractivity contribution in [3.8, 4) is 0 Å². The molecule has 5 nitrogen and oxygen atoms in total. The molecule has 148 valence electrons. The van der Waals surface area contributed by atoms with Crippen molar-refractivity contribution in [3.63, 3.8) is 0 Å². The Labute approximate surface area is 167 Å². The summed E-state index contributed by atoms with van der Waals surface area (Å²) in [5, 5.41) is 1.16. The number of H-pyrrole nitrogens is 1. The van der Waals surface area contributed by atoms with Crippen LogP contribution in [-0.2, 0) is 17.8 Å². The van der Waals surface area contributed by atoms with Crippen molar-refractivity contribution in [2.75, 3.05) is 27.2 Å². The fraction of sp³-hybridized carbons (Fsp3) is 0.391. The smallest absolute Gasteiger partial charge is 0.227 e. The maximum absolute atomic E-state index is 13.2. The Balaban J connectivity index is 1.86. The summed E-state index contributed by atoms with van der Waals surface area (Å²) in [4.78, 5) is 25.0. The van der Waals surface area contributed by atoms with Crippen LogP contribution in [0.15, 0.2) is 36.7 Å². The highest BCUT2D eigenvalue weighted by Crippen LogP contribution is 2.27. The molecule has 28 heavy (non-hydrogen) atoms. The molecule has 5 heteroatoms. The second kappa shape index (κ2) is 8.57. The van der Waals surface area contributed by atoms with E-state index >= 15 is 0 Å². The zero-order chi connectivity index (χ0) is 20.3. The van der Waals surface area contributed by atoms with Crippen LogP contribution in [0.3, 0.4) is 0 Å². The van der Waals surface area contributed by atoms with E-state index in [4.69, 9.17) is 0 Å². The Hall–Kier alpha value is -2.66. The predicted octanol–water partition coefficient (Wildman–Crippen LogP) is 3.62. The number of benzene rings is 1. The van der Waals surface area contributed by atoms with Gasteiger partial charge in [-0.15, -0.1) is 0 Å². The van der Waals surface area contributed by atoms with Crippen molar-refractivity contribution in [1.29, 1.82) is 0 Å². The SMILES string of the molecule is Cc1ccc2c(CC(=O)N(CCN(C)C)Cc3cccnc3)c(C)[nH]c2c1C. The zero-order valence-electron chi connectivity index (χ0n) is 17.5. The third-order valence-corrected chi connectivity index (χ3v) is 5.42. The molecule has 2 aromatic heterocycles. The van der Waals surface area contributed by atoms with Gasteiger partial charge in [0, 0.05) is 48.6 Å². The lowest BCUT2D eigenvalue weighted by Gasteiger charge is -2.24. The van der Waals surface area contributed by atoms with E-state index in [0.717, 1.165) is 34.3 Å². The number of likely N-dealkylation sites (N-methyl/N-ethyl adjacent to an activating group) is 1. The lowest BCUT2D eigenvalue weighted by atomic mass is 10.0. The maximum Gasteiger partial charge on any atom is 0.227 e. The molecular weight excluding hydrogens is 348 g/mol. The lowest BCUT2D eigenvalue weighted by Crippen LogP contribution is -2.37. The third kappa shape index (κ3) is 4.42. The first-order valence-electron chi connectivity index (χ1n) is 9.75. The van der Waals surface area contributed by atoms with Crippen molar-refractivity contribution in [2.24, 2.45) is 0 Å². The number of aryl methyl sites for hydroxylation is 3. The second-order valence-electron chi connectivity index (χ2n) is 7.82. The van der Waals surface area contributed by atoms with Gasteiger partial charge in [0.15, 0.2) is 0 Å². The van der Waals surface area contributed by atoms with Gasteiger partial charge >= 0.3 is 0 Å². The van der Waals surface area contributed by atoms with Gasteiger partial charge in [0.1, 0.15) is 0 Å². The molecule has 0 aliphatic rings. The first-order chi connectivity index (χ1) is 13.4. The van der Waals surface area contributed by atoms with Gasteiger partial charge < -0.3 is 14.8 Å². The predicted molar refractivity (Wildman–Crippen MR) is 114 cm³/mol. The number of fused-ring (bicyclic) bond motifs is 1. The highest BCUT2D eigenvalue weighted by molar-refractivity contribution is 5.92. The molecule has 3 rings (SSSR count). The van der Waals surface area contributed by atoms with E-state index in [2.05, 4.69) is 47.8 Å². The molecule has 0 saturated carbocycles. The lowest BCUT2D eigenvalue weighted by molar-refractivity contribution is -0.131. The van der Waals surface area contributed by atoms with Crippen LogP contribution in [0.1, 0.15) is 27.9 Å². The first-order valence-corrected chi connectivity index (χ1v) is 9.75. The summed E-state index contributed by atoms with van der Waals surface area (Å²) < 4.78 is 0. The van der Waals surface area contributed by atoms with Gasteiger partial charge in [0.2, 0.25) is 5.91 Å². The molecular formula is C23H30N4O. The molecule has 0 atom stereocenters. The van der Waals surface area contributed by atoms with Crippen LogP contribution in [0.4, 0.5) is 0 Å². The topological polar surface area (TPSA) is 52.2 Å². The summed E-state index contributed by atoms with van der Waals surface area (Å²) in [6, 6.07) is 8.21. The van der Waals surface area contributed by atoms with E-state index in [0.29, 0.717) is 19.5 Å². The van der Waals surface area contributed by atoms with E-state index in [1.807, 2.05) is 37.3 Å². The minimum absolute atomic E-state index is 0.146. The number of carbonyl (C=O) groups excluding carboxylic acids is 1. The summed E-state index contributed by atoms with van der Waals surface area (Å²) in [5.74, 6) is 0.146. The molecule has 0 unspecified atom stereocenters. The number of nitrogens with one attached hydrogen (secondary N) is 1. The molecule has 1 aromatic carbocycles. The molecule has 1 amide bonds. The van der Waals surface area contributed by atoms with Crippen molar-refractivity contribution >= 4 is 16.8 Å². The van der Waals surface area contributed by atoms with Crippen molar-refractivity contribution in [1.82, 2.24) is 19.8 Å². The van der Waals surface area contributed by atoms with Gasteiger partial charge in [0.25, 0.3) is 0 Å². The van der Waals surface area contributed by atoms with Gasteiger partial charge in [0.05, 0.1) is 6.42 Å². The van der Waals surface area contributed by atoms with Crippen LogP contribution in [0, 0.1) is 20.8 Å². The fourth-order valence-corrected chi connectivity index (χ4v) is 3.51. The molecule has 0 aliphatic carbocycles. The molecule has 3 aromatic rings. The van der Waals surface area contributed by atoms with Crippen molar-refractivity contribution < 1.29 is 4.79 Å². The van der Waals surface area contributed by atoms with Gasteiger partial charge in [-0.25, -0.2) is 0 Å². The Morgan fingerprint density at radius 1 is 1.11 bits per heavy atom. The number of amides is 1. The number of hydrogen-bond acceptors (Lipinski definition) is 3. The number of aromatic amines is 1. The summed E-state index contributed by atoms with van der Waals surface area (Å²) >= 11 is 0. The van der Waals surface area contributed by atoms with Gasteiger partial charge in [-0.1, -0.05) is 18.2 Å². The quantitative estimate of drug-likeness (QED) is 0.683. The highest BCUT2D eigenvalue weighted by atomic mass is 16.2. The minimum atomic E-state index is 0.146. The fourth-order valence-electron chi connectivity index (χ4n) is 3.51. The standard InChI is InChI=1S/C23H30N4O/c1-16-8-9-20-21(18(3)25-23(20)17(16)2)13-22(28)27(12-11-26(4)5)15-19-7-6-10-24-14-19/h6-10,14,25H,11-13,15H2,1-5H3. The van der Waals surface area contributed by atoms with Gasteiger partial charge in [-0.3, -0.25) is 9.78 Å². The van der Waals surface area contributed by atoms with Crippen LogP contribution >= 0.6 is 0 Å². The summed E-state index contributed by atoms with van der Waals surface area (Å²) in [6.45, 7) is 8.41. The van der Waals surface area contributed by atoms with Gasteiger partial charge in [-0.05, 0) is 63.2 Å². The van der Waals surface area contributed by atoms with Gasteiger partial charge in [-0.2, -0.15) is 0 Å². The third-order valence-electron chi connectivity index (χ3n) is 5.42. The maximum atomic E-state index is 13.2. The van der Waals surface area contributed by atoms with E-state index < -0.39 is 0 Å². The van der Waals surface area contributed by atoms with Crippen LogP contribution < -0.4 is 0 Å². The van der Waals surface area contributed by atoms with Crippen molar-refractivity contribution in [3.05, 3.63) is 64.6 Å². The Bertz CT molecular complexity index is 960. The largest absolute Gasteiger partial charge is 0.358 e. The number of aromatic nitrogens is 2. The van der Waals surface area contributed by atoms with Crippen LogP contribution in [0.25, 0.3) is 10.9 Å². The molecule has 0 bridgehead atoms. The van der Waals surface area contributed by atoms with Crippen LogP contribution in [0.5, 0.6) is 0 Å². The number of carbonyl (C=O) groups is 1. The summed E-state index contributed by atoms with van der Waals surface area (Å²) in [6.07, 6.45) is 4.00. The van der Waals surface area contributed by atoms with Crippen LogP contribution in [0.2, 0.25) is 0 Å². The Morgan fingerprint density at radius 3 is 2.57 bits per heavy atom. The Morgan fingerprint density at radius 2 is 1.89 bits per heavy atom. The average molecular weight is 379 g/mol. The summed E-state index contributed by atoms with van der Waals surface area (Å²) in [7, 11) is 4.06. The average Bonchev–Trinajstić information content (AvgIpc) is 2.98.